The van der Waals surface area contributed by atoms with E-state index in [1.807, 2.05) is 36.4 Å². The van der Waals surface area contributed by atoms with Gasteiger partial charge >= 0.3 is 5.97 Å². The number of benzene rings is 2. The second-order valence-corrected chi connectivity index (χ2v) is 11.1. The molecule has 0 atom stereocenters. The molecular formula is C25H26N2O5S2. The van der Waals surface area contributed by atoms with Gasteiger partial charge in [-0.05, 0) is 42.5 Å². The van der Waals surface area contributed by atoms with Crippen molar-refractivity contribution in [3.63, 3.8) is 0 Å². The fourth-order valence-electron chi connectivity index (χ4n) is 4.02. The van der Waals surface area contributed by atoms with E-state index in [0.717, 1.165) is 22.5 Å². The van der Waals surface area contributed by atoms with Crippen LogP contribution in [0.15, 0.2) is 58.8 Å². The normalized spacial score (nSPS) is 13.3. The van der Waals surface area contributed by atoms with Crippen molar-refractivity contribution in [2.45, 2.75) is 36.9 Å². The molecule has 1 aliphatic heterocycles. The fraction of sp³-hybridized carbons (Fsp3) is 0.280. The largest absolute Gasteiger partial charge is 0.465 e. The number of amides is 1. The summed E-state index contributed by atoms with van der Waals surface area (Å²) in [7, 11) is -2.80. The first kappa shape index (κ1) is 24.0. The molecule has 1 amide bonds. The molecule has 7 nitrogen and oxygen atoms in total. The number of carbonyl (C=O) groups excluding carboxylic acids is 2. The Kier molecular flexibility index (Phi) is 7.04. The molecule has 0 spiro atoms. The number of nitrogens with one attached hydrogen (secondary N) is 1. The van der Waals surface area contributed by atoms with E-state index in [1.165, 1.54) is 7.11 Å². The Morgan fingerprint density at radius 2 is 1.79 bits per heavy atom. The van der Waals surface area contributed by atoms with Gasteiger partial charge in [-0.1, -0.05) is 48.5 Å². The number of rotatable bonds is 7. The lowest BCUT2D eigenvalue weighted by Crippen LogP contribution is -2.35. The molecule has 0 aliphatic carbocycles. The number of ether oxygens (including phenoxy) is 1. The zero-order chi connectivity index (χ0) is 24.3. The van der Waals surface area contributed by atoms with Gasteiger partial charge in [0.2, 0.25) is 5.91 Å². The first-order valence-electron chi connectivity index (χ1n) is 10.9. The maximum atomic E-state index is 13.3. The SMILES string of the molecule is COC(=O)c1c(S(=O)(=O)Nc2ccccc2C)sc2c1CCN(C(=O)CCc1ccccc1)C2. The van der Waals surface area contributed by atoms with Gasteiger partial charge in [0, 0.05) is 17.8 Å². The van der Waals surface area contributed by atoms with Crippen LogP contribution in [-0.4, -0.2) is 38.8 Å². The molecule has 34 heavy (non-hydrogen) atoms. The maximum Gasteiger partial charge on any atom is 0.340 e. The Hall–Kier alpha value is -3.17. The highest BCUT2D eigenvalue weighted by molar-refractivity contribution is 7.94. The molecule has 0 unspecified atom stereocenters. The van der Waals surface area contributed by atoms with Crippen molar-refractivity contribution in [2.24, 2.45) is 0 Å². The standard InChI is InChI=1S/C25H26N2O5S2/c1-17-8-6-7-11-20(17)26-34(30,31)25-23(24(29)32-2)19-14-15-27(16-21(19)33-25)22(28)13-12-18-9-4-3-5-10-18/h3-11,26H,12-16H2,1-2H3. The van der Waals surface area contributed by atoms with Gasteiger partial charge in [-0.15, -0.1) is 11.3 Å². The van der Waals surface area contributed by atoms with Gasteiger partial charge in [0.15, 0.2) is 4.21 Å². The number of aryl methyl sites for hydroxylation is 2. The van der Waals surface area contributed by atoms with Gasteiger partial charge in [-0.25, -0.2) is 13.2 Å². The maximum absolute atomic E-state index is 13.3. The van der Waals surface area contributed by atoms with Crippen molar-refractivity contribution in [2.75, 3.05) is 18.4 Å². The fourth-order valence-corrected chi connectivity index (χ4v) is 7.05. The van der Waals surface area contributed by atoms with Crippen LogP contribution in [-0.2, 0) is 38.9 Å². The summed E-state index contributed by atoms with van der Waals surface area (Å²) in [5.41, 5.74) is 3.02. The number of thiophene rings is 1. The van der Waals surface area contributed by atoms with Gasteiger partial charge in [0.05, 0.1) is 24.9 Å². The van der Waals surface area contributed by atoms with Crippen molar-refractivity contribution in [1.82, 2.24) is 4.90 Å². The zero-order valence-electron chi connectivity index (χ0n) is 19.0. The van der Waals surface area contributed by atoms with Gasteiger partial charge < -0.3 is 9.64 Å². The van der Waals surface area contributed by atoms with Crippen molar-refractivity contribution >= 4 is 38.9 Å². The molecule has 0 bridgehead atoms. The van der Waals surface area contributed by atoms with Crippen molar-refractivity contribution in [3.05, 3.63) is 81.7 Å². The third-order valence-corrected chi connectivity index (χ3v) is 8.97. The van der Waals surface area contributed by atoms with Gasteiger partial charge in [-0.3, -0.25) is 9.52 Å². The highest BCUT2D eigenvalue weighted by atomic mass is 32.2. The van der Waals surface area contributed by atoms with Crippen LogP contribution in [0, 0.1) is 6.92 Å². The summed E-state index contributed by atoms with van der Waals surface area (Å²) in [5.74, 6) is -0.684. The summed E-state index contributed by atoms with van der Waals surface area (Å²) in [6, 6.07) is 16.8. The number of hydrogen-bond donors (Lipinski definition) is 1. The number of hydrogen-bond acceptors (Lipinski definition) is 6. The Morgan fingerprint density at radius 3 is 2.50 bits per heavy atom. The van der Waals surface area contributed by atoms with Crippen LogP contribution >= 0.6 is 11.3 Å². The van der Waals surface area contributed by atoms with Crippen molar-refractivity contribution in [1.29, 1.82) is 0 Å². The average molecular weight is 499 g/mol. The number of fused-ring (bicyclic) bond motifs is 1. The lowest BCUT2D eigenvalue weighted by atomic mass is 10.0. The van der Waals surface area contributed by atoms with E-state index in [4.69, 9.17) is 4.74 Å². The molecule has 2 aromatic carbocycles. The number of esters is 1. The highest BCUT2D eigenvalue weighted by Gasteiger charge is 2.35. The smallest absolute Gasteiger partial charge is 0.340 e. The van der Waals surface area contributed by atoms with E-state index in [0.29, 0.717) is 41.9 Å². The molecule has 9 heteroatoms. The Balaban J connectivity index is 1.59. The summed E-state index contributed by atoms with van der Waals surface area (Å²) in [6.07, 6.45) is 1.41. The molecule has 3 aromatic rings. The molecule has 0 saturated carbocycles. The molecule has 0 saturated heterocycles. The lowest BCUT2D eigenvalue weighted by Gasteiger charge is -2.27. The third-order valence-electron chi connectivity index (χ3n) is 5.87. The number of sulfonamides is 1. The summed E-state index contributed by atoms with van der Waals surface area (Å²) in [5, 5.41) is 0. The first-order valence-corrected chi connectivity index (χ1v) is 13.2. The van der Waals surface area contributed by atoms with Crippen LogP contribution in [0.1, 0.15) is 38.3 Å². The van der Waals surface area contributed by atoms with Gasteiger partial charge in [-0.2, -0.15) is 0 Å². The Morgan fingerprint density at radius 1 is 1.09 bits per heavy atom. The molecule has 0 fully saturated rings. The van der Waals surface area contributed by atoms with Crippen LogP contribution in [0.25, 0.3) is 0 Å². The van der Waals surface area contributed by atoms with Crippen LogP contribution in [0.4, 0.5) is 5.69 Å². The summed E-state index contributed by atoms with van der Waals surface area (Å²) >= 11 is 1.03. The topological polar surface area (TPSA) is 92.8 Å². The first-order chi connectivity index (χ1) is 16.3. The molecule has 1 N–H and O–H groups in total. The van der Waals surface area contributed by atoms with E-state index >= 15 is 0 Å². The summed E-state index contributed by atoms with van der Waals surface area (Å²) in [6.45, 7) is 2.50. The second kappa shape index (κ2) is 9.99. The number of methoxy groups -OCH3 is 1. The summed E-state index contributed by atoms with van der Waals surface area (Å²) in [4.78, 5) is 27.9. The zero-order valence-corrected chi connectivity index (χ0v) is 20.7. The molecule has 178 valence electrons. The summed E-state index contributed by atoms with van der Waals surface area (Å²) < 4.78 is 34.0. The highest BCUT2D eigenvalue weighted by Crippen LogP contribution is 2.38. The van der Waals surface area contributed by atoms with E-state index in [1.54, 1.807) is 30.0 Å². The molecule has 1 aliphatic rings. The van der Waals surface area contributed by atoms with Crippen LogP contribution < -0.4 is 4.72 Å². The van der Waals surface area contributed by atoms with E-state index in [2.05, 4.69) is 4.72 Å². The Bertz CT molecular complexity index is 1320. The quantitative estimate of drug-likeness (QED) is 0.494. The minimum atomic E-state index is -4.04. The minimum absolute atomic E-state index is 0.00460. The van der Waals surface area contributed by atoms with Crippen molar-refractivity contribution < 1.29 is 22.7 Å². The van der Waals surface area contributed by atoms with E-state index < -0.39 is 16.0 Å². The number of para-hydroxylation sites is 1. The van der Waals surface area contributed by atoms with Crippen LogP contribution in [0.5, 0.6) is 0 Å². The predicted octanol–water partition coefficient (Wildman–Crippen LogP) is 4.16. The predicted molar refractivity (Wildman–Crippen MR) is 132 cm³/mol. The number of nitrogens with zero attached hydrogens (tertiary/aromatic N) is 1. The molecule has 0 radical (unpaired) electrons. The lowest BCUT2D eigenvalue weighted by molar-refractivity contribution is -0.132. The average Bonchev–Trinajstić information content (AvgIpc) is 3.24. The van der Waals surface area contributed by atoms with Gasteiger partial charge in [0.25, 0.3) is 10.0 Å². The minimum Gasteiger partial charge on any atom is -0.465 e. The molecular weight excluding hydrogens is 472 g/mol. The Labute approximate surface area is 203 Å². The van der Waals surface area contributed by atoms with Crippen LogP contribution in [0.2, 0.25) is 0 Å². The molecule has 2 heterocycles. The number of anilines is 1. The monoisotopic (exact) mass is 498 g/mol. The number of carbonyl (C=O) groups is 2. The second-order valence-electron chi connectivity index (χ2n) is 8.13. The van der Waals surface area contributed by atoms with Gasteiger partial charge in [0.1, 0.15) is 0 Å². The van der Waals surface area contributed by atoms with Crippen molar-refractivity contribution in [3.8, 4) is 0 Å². The van der Waals surface area contributed by atoms with E-state index in [-0.39, 0.29) is 22.2 Å². The van der Waals surface area contributed by atoms with E-state index in [9.17, 15) is 18.0 Å². The molecule has 1 aromatic heterocycles. The third kappa shape index (κ3) is 5.00. The molecule has 4 rings (SSSR count). The van der Waals surface area contributed by atoms with Crippen LogP contribution in [0.3, 0.4) is 0 Å².